The van der Waals surface area contributed by atoms with Crippen molar-refractivity contribution in [3.63, 3.8) is 0 Å². The predicted octanol–water partition coefficient (Wildman–Crippen LogP) is 1.93. The van der Waals surface area contributed by atoms with Crippen LogP contribution in [0.3, 0.4) is 0 Å². The first-order valence-electron chi connectivity index (χ1n) is 5.96. The van der Waals surface area contributed by atoms with Crippen molar-refractivity contribution < 1.29 is 10.3 Å². The zero-order valence-corrected chi connectivity index (χ0v) is 9.76. The van der Waals surface area contributed by atoms with E-state index in [-0.39, 0.29) is 5.84 Å². The summed E-state index contributed by atoms with van der Waals surface area (Å²) in [5.74, 6) is 0.0900. The van der Waals surface area contributed by atoms with Crippen LogP contribution in [0.1, 0.15) is 43.2 Å². The third-order valence-corrected chi connectivity index (χ3v) is 3.51. The van der Waals surface area contributed by atoms with Gasteiger partial charge in [0.1, 0.15) is 0 Å². The van der Waals surface area contributed by atoms with Crippen LogP contribution in [0.15, 0.2) is 29.4 Å². The van der Waals surface area contributed by atoms with Gasteiger partial charge in [-0.2, -0.15) is 0 Å². The molecular weight excluding hydrogens is 216 g/mol. The van der Waals surface area contributed by atoms with Crippen molar-refractivity contribution >= 4 is 5.84 Å². The van der Waals surface area contributed by atoms with E-state index in [4.69, 9.17) is 10.9 Å². The molecule has 0 saturated heterocycles. The molecule has 4 N–H and O–H groups in total. The van der Waals surface area contributed by atoms with Gasteiger partial charge in [-0.15, -0.1) is 0 Å². The molecule has 4 nitrogen and oxygen atoms in total. The number of benzene rings is 1. The van der Waals surface area contributed by atoms with Crippen molar-refractivity contribution in [3.05, 3.63) is 35.4 Å². The van der Waals surface area contributed by atoms with E-state index in [9.17, 15) is 5.11 Å². The molecule has 0 unspecified atom stereocenters. The van der Waals surface area contributed by atoms with Gasteiger partial charge in [-0.3, -0.25) is 0 Å². The summed E-state index contributed by atoms with van der Waals surface area (Å²) in [5.41, 5.74) is 6.39. The van der Waals surface area contributed by atoms with Crippen molar-refractivity contribution in [1.82, 2.24) is 0 Å². The Morgan fingerprint density at radius 3 is 2.24 bits per heavy atom. The van der Waals surface area contributed by atoms with Gasteiger partial charge in [-0.25, -0.2) is 0 Å². The molecule has 0 amide bonds. The zero-order valence-electron chi connectivity index (χ0n) is 9.76. The quantitative estimate of drug-likeness (QED) is 0.316. The van der Waals surface area contributed by atoms with Crippen LogP contribution >= 0.6 is 0 Å². The van der Waals surface area contributed by atoms with E-state index in [1.165, 1.54) is 6.42 Å². The molecule has 1 aromatic rings. The minimum Gasteiger partial charge on any atom is -0.409 e. The summed E-state index contributed by atoms with van der Waals surface area (Å²) in [6.45, 7) is 0. The van der Waals surface area contributed by atoms with E-state index in [1.54, 1.807) is 12.1 Å². The summed E-state index contributed by atoms with van der Waals surface area (Å²) < 4.78 is 0. The van der Waals surface area contributed by atoms with Crippen molar-refractivity contribution in [3.8, 4) is 0 Å². The van der Waals surface area contributed by atoms with Crippen LogP contribution in [0.2, 0.25) is 0 Å². The molecule has 0 atom stereocenters. The minimum absolute atomic E-state index is 0.0900. The van der Waals surface area contributed by atoms with Crippen LogP contribution in [-0.2, 0) is 5.60 Å². The lowest BCUT2D eigenvalue weighted by Gasteiger charge is -2.32. The molecule has 2 rings (SSSR count). The highest BCUT2D eigenvalue weighted by Gasteiger charge is 2.30. The Kier molecular flexibility index (Phi) is 3.33. The van der Waals surface area contributed by atoms with Gasteiger partial charge in [0.25, 0.3) is 0 Å². The Bertz CT molecular complexity index is 406. The maximum Gasteiger partial charge on any atom is 0.170 e. The average molecular weight is 234 g/mol. The number of aliphatic hydroxyl groups is 1. The molecule has 0 heterocycles. The highest BCUT2D eigenvalue weighted by molar-refractivity contribution is 5.96. The van der Waals surface area contributed by atoms with E-state index < -0.39 is 5.60 Å². The lowest BCUT2D eigenvalue weighted by atomic mass is 9.79. The van der Waals surface area contributed by atoms with Crippen LogP contribution in [0.25, 0.3) is 0 Å². The SMILES string of the molecule is N/C(=N\O)c1ccc(C2(O)CCCCC2)cc1. The monoisotopic (exact) mass is 234 g/mol. The third-order valence-electron chi connectivity index (χ3n) is 3.51. The largest absolute Gasteiger partial charge is 0.409 e. The maximum absolute atomic E-state index is 10.5. The summed E-state index contributed by atoms with van der Waals surface area (Å²) in [4.78, 5) is 0. The van der Waals surface area contributed by atoms with E-state index in [0.29, 0.717) is 5.56 Å². The highest BCUT2D eigenvalue weighted by atomic mass is 16.4. The van der Waals surface area contributed by atoms with E-state index >= 15 is 0 Å². The second-order valence-electron chi connectivity index (χ2n) is 4.65. The van der Waals surface area contributed by atoms with Gasteiger partial charge in [-0.1, -0.05) is 48.7 Å². The Balaban J connectivity index is 2.22. The molecule has 0 radical (unpaired) electrons. The molecule has 0 bridgehead atoms. The Morgan fingerprint density at radius 1 is 1.12 bits per heavy atom. The van der Waals surface area contributed by atoms with Crippen LogP contribution in [0.4, 0.5) is 0 Å². The van der Waals surface area contributed by atoms with Crippen molar-refractivity contribution in [2.24, 2.45) is 10.9 Å². The van der Waals surface area contributed by atoms with Crippen LogP contribution in [0, 0.1) is 0 Å². The molecule has 0 spiro atoms. The topological polar surface area (TPSA) is 78.8 Å². The number of amidine groups is 1. The summed E-state index contributed by atoms with van der Waals surface area (Å²) >= 11 is 0. The molecule has 92 valence electrons. The van der Waals surface area contributed by atoms with Crippen LogP contribution in [0.5, 0.6) is 0 Å². The van der Waals surface area contributed by atoms with Crippen molar-refractivity contribution in [2.45, 2.75) is 37.7 Å². The molecule has 4 heteroatoms. The van der Waals surface area contributed by atoms with E-state index in [1.807, 2.05) is 12.1 Å². The van der Waals surface area contributed by atoms with Crippen molar-refractivity contribution in [1.29, 1.82) is 0 Å². The first-order valence-corrected chi connectivity index (χ1v) is 5.96. The summed E-state index contributed by atoms with van der Waals surface area (Å²) in [6, 6.07) is 7.27. The number of nitrogens with zero attached hydrogens (tertiary/aromatic N) is 1. The second kappa shape index (κ2) is 4.75. The normalized spacial score (nSPS) is 20.2. The summed E-state index contributed by atoms with van der Waals surface area (Å²) in [7, 11) is 0. The number of nitrogens with two attached hydrogens (primary N) is 1. The van der Waals surface area contributed by atoms with Crippen LogP contribution < -0.4 is 5.73 Å². The van der Waals surface area contributed by atoms with E-state index in [0.717, 1.165) is 31.2 Å². The Morgan fingerprint density at radius 2 is 1.71 bits per heavy atom. The lowest BCUT2D eigenvalue weighted by molar-refractivity contribution is -0.000625. The summed E-state index contributed by atoms with van der Waals surface area (Å²) in [5, 5.41) is 22.0. The van der Waals surface area contributed by atoms with Gasteiger partial charge >= 0.3 is 0 Å². The first kappa shape index (κ1) is 11.9. The zero-order chi connectivity index (χ0) is 12.3. The summed E-state index contributed by atoms with van der Waals surface area (Å²) in [6.07, 6.45) is 4.97. The second-order valence-corrected chi connectivity index (χ2v) is 4.65. The molecule has 1 fully saturated rings. The maximum atomic E-state index is 10.5. The Labute approximate surface area is 101 Å². The predicted molar refractivity (Wildman–Crippen MR) is 65.9 cm³/mol. The molecule has 1 aliphatic rings. The first-order chi connectivity index (χ1) is 8.15. The minimum atomic E-state index is -0.693. The Hall–Kier alpha value is -1.55. The lowest BCUT2D eigenvalue weighted by Crippen LogP contribution is -2.28. The van der Waals surface area contributed by atoms with Gasteiger partial charge in [-0.05, 0) is 18.4 Å². The number of hydrogen-bond acceptors (Lipinski definition) is 3. The van der Waals surface area contributed by atoms with Crippen LogP contribution in [-0.4, -0.2) is 16.1 Å². The fourth-order valence-electron chi connectivity index (χ4n) is 2.43. The highest BCUT2D eigenvalue weighted by Crippen LogP contribution is 2.36. The standard InChI is InChI=1S/C13H18N2O2/c14-12(15-17)10-4-6-11(7-5-10)13(16)8-2-1-3-9-13/h4-7,16-17H,1-3,8-9H2,(H2,14,15). The fourth-order valence-corrected chi connectivity index (χ4v) is 2.43. The number of rotatable bonds is 2. The van der Waals surface area contributed by atoms with E-state index in [2.05, 4.69) is 5.16 Å². The number of oxime groups is 1. The molecule has 1 aliphatic carbocycles. The van der Waals surface area contributed by atoms with Gasteiger partial charge in [0.2, 0.25) is 0 Å². The van der Waals surface area contributed by atoms with Gasteiger partial charge in [0, 0.05) is 5.56 Å². The molecule has 0 aromatic heterocycles. The number of hydrogen-bond donors (Lipinski definition) is 3. The molecular formula is C13H18N2O2. The smallest absolute Gasteiger partial charge is 0.170 e. The van der Waals surface area contributed by atoms with Crippen molar-refractivity contribution in [2.75, 3.05) is 0 Å². The van der Waals surface area contributed by atoms with Gasteiger partial charge in [0.15, 0.2) is 5.84 Å². The molecule has 17 heavy (non-hydrogen) atoms. The fraction of sp³-hybridized carbons (Fsp3) is 0.462. The average Bonchev–Trinajstić information content (AvgIpc) is 2.39. The third kappa shape index (κ3) is 2.42. The van der Waals surface area contributed by atoms with Gasteiger partial charge in [0.05, 0.1) is 5.60 Å². The molecule has 1 saturated carbocycles. The van der Waals surface area contributed by atoms with Gasteiger partial charge < -0.3 is 16.0 Å². The molecule has 1 aromatic carbocycles. The molecule has 0 aliphatic heterocycles.